The van der Waals surface area contributed by atoms with Gasteiger partial charge in [0.1, 0.15) is 5.82 Å². The van der Waals surface area contributed by atoms with Gasteiger partial charge in [0.05, 0.1) is 5.02 Å². The molecule has 1 aromatic rings. The van der Waals surface area contributed by atoms with E-state index in [1.165, 1.54) is 6.07 Å². The van der Waals surface area contributed by atoms with Gasteiger partial charge >= 0.3 is 6.18 Å². The normalized spacial score (nSPS) is 13.1. The van der Waals surface area contributed by atoms with Crippen molar-refractivity contribution in [3.63, 3.8) is 0 Å². The first-order valence-electron chi connectivity index (χ1n) is 4.99. The van der Waals surface area contributed by atoms with Crippen molar-refractivity contribution in [2.75, 3.05) is 0 Å². The maximum Gasteiger partial charge on any atom is 0.389 e. The molecule has 1 rings (SSSR count). The molecule has 2 N–H and O–H groups in total. The van der Waals surface area contributed by atoms with Gasteiger partial charge in [-0.3, -0.25) is 0 Å². The van der Waals surface area contributed by atoms with Crippen molar-refractivity contribution < 1.29 is 17.6 Å². The van der Waals surface area contributed by atoms with Crippen LogP contribution >= 0.6 is 24.0 Å². The van der Waals surface area contributed by atoms with Gasteiger partial charge in [-0.15, -0.1) is 12.4 Å². The number of alkyl halides is 3. The van der Waals surface area contributed by atoms with Crippen LogP contribution in [0.2, 0.25) is 5.02 Å². The molecule has 0 saturated heterocycles. The minimum absolute atomic E-state index is 0. The molecule has 7 heteroatoms. The molecule has 104 valence electrons. The Bertz CT molecular complexity index is 407. The zero-order chi connectivity index (χ0) is 13.2. The number of halogens is 6. The predicted molar refractivity (Wildman–Crippen MR) is 65.6 cm³/mol. The van der Waals surface area contributed by atoms with Crippen LogP contribution in [-0.2, 0) is 0 Å². The lowest BCUT2D eigenvalue weighted by Crippen LogP contribution is -2.17. The van der Waals surface area contributed by atoms with Crippen LogP contribution in [0.25, 0.3) is 0 Å². The maximum absolute atomic E-state index is 13.5. The van der Waals surface area contributed by atoms with Crippen molar-refractivity contribution in [3.05, 3.63) is 34.1 Å². The number of hydrogen-bond donors (Lipinski definition) is 1. The first-order valence-corrected chi connectivity index (χ1v) is 5.37. The minimum Gasteiger partial charge on any atom is -0.324 e. The summed E-state index contributed by atoms with van der Waals surface area (Å²) >= 11 is 5.84. The van der Waals surface area contributed by atoms with E-state index in [9.17, 15) is 17.6 Å². The van der Waals surface area contributed by atoms with Crippen LogP contribution < -0.4 is 5.73 Å². The molecule has 0 saturated carbocycles. The van der Waals surface area contributed by atoms with Gasteiger partial charge in [0.2, 0.25) is 0 Å². The lowest BCUT2D eigenvalue weighted by atomic mass is 10.00. The van der Waals surface area contributed by atoms with Gasteiger partial charge in [0.25, 0.3) is 0 Å². The van der Waals surface area contributed by atoms with Gasteiger partial charge in [0.15, 0.2) is 0 Å². The van der Waals surface area contributed by atoms with Crippen LogP contribution in [0.15, 0.2) is 12.1 Å². The molecule has 0 unspecified atom stereocenters. The van der Waals surface area contributed by atoms with E-state index in [2.05, 4.69) is 0 Å². The first-order chi connectivity index (χ1) is 7.72. The summed E-state index contributed by atoms with van der Waals surface area (Å²) < 4.78 is 49.5. The quantitative estimate of drug-likeness (QED) is 0.814. The fraction of sp³-hybridized carbons (Fsp3) is 0.455. The predicted octanol–water partition coefficient (Wildman–Crippen LogP) is 4.55. The highest BCUT2D eigenvalue weighted by molar-refractivity contribution is 6.32. The largest absolute Gasteiger partial charge is 0.389 e. The molecule has 0 amide bonds. The summed E-state index contributed by atoms with van der Waals surface area (Å²) in [5.74, 6) is -0.671. The summed E-state index contributed by atoms with van der Waals surface area (Å²) in [5, 5.41) is 0.0969. The highest BCUT2D eigenvalue weighted by Gasteiger charge is 2.29. The van der Waals surface area contributed by atoms with E-state index in [-0.39, 0.29) is 29.4 Å². The summed E-state index contributed by atoms with van der Waals surface area (Å²) in [4.78, 5) is 0. The van der Waals surface area contributed by atoms with E-state index in [4.69, 9.17) is 17.3 Å². The van der Waals surface area contributed by atoms with Gasteiger partial charge in [-0.05, 0) is 25.0 Å². The Balaban J connectivity index is 0.00000289. The highest BCUT2D eigenvalue weighted by Crippen LogP contribution is 2.32. The highest BCUT2D eigenvalue weighted by atomic mass is 35.5. The average molecular weight is 306 g/mol. The Morgan fingerprint density at radius 1 is 1.33 bits per heavy atom. The molecule has 0 aliphatic rings. The van der Waals surface area contributed by atoms with Crippen molar-refractivity contribution >= 4 is 24.0 Å². The van der Waals surface area contributed by atoms with Crippen molar-refractivity contribution in [3.8, 4) is 0 Å². The maximum atomic E-state index is 13.5. The lowest BCUT2D eigenvalue weighted by molar-refractivity contribution is -0.136. The van der Waals surface area contributed by atoms with Gasteiger partial charge in [-0.2, -0.15) is 13.2 Å². The molecular formula is C11H13Cl2F4N. The Hall–Kier alpha value is -0.520. The van der Waals surface area contributed by atoms with Gasteiger partial charge in [0, 0.05) is 18.0 Å². The Morgan fingerprint density at radius 3 is 2.39 bits per heavy atom. The van der Waals surface area contributed by atoms with Crippen molar-refractivity contribution in [2.24, 2.45) is 5.73 Å². The Morgan fingerprint density at radius 2 is 1.89 bits per heavy atom. The molecule has 0 fully saturated rings. The number of benzene rings is 1. The fourth-order valence-corrected chi connectivity index (χ4v) is 1.78. The molecule has 0 heterocycles. The van der Waals surface area contributed by atoms with E-state index in [0.717, 1.165) is 6.07 Å². The molecular weight excluding hydrogens is 293 g/mol. The molecule has 1 atom stereocenters. The second-order valence-electron chi connectivity index (χ2n) is 3.85. The van der Waals surface area contributed by atoms with Crippen molar-refractivity contribution in [2.45, 2.75) is 32.0 Å². The van der Waals surface area contributed by atoms with Crippen molar-refractivity contribution in [1.29, 1.82) is 0 Å². The topological polar surface area (TPSA) is 26.0 Å². The van der Waals surface area contributed by atoms with Gasteiger partial charge < -0.3 is 5.73 Å². The zero-order valence-electron chi connectivity index (χ0n) is 9.52. The van der Waals surface area contributed by atoms with Crippen molar-refractivity contribution in [1.82, 2.24) is 0 Å². The first kappa shape index (κ1) is 17.5. The standard InChI is InChI=1S/C11H12ClF4N.ClH/c1-6-2-3-7(13)9(10(6)12)8(17)4-5-11(14,15)16;/h2-3,8H,4-5,17H2,1H3;1H/t8-;/m0./s1. The smallest absolute Gasteiger partial charge is 0.324 e. The average Bonchev–Trinajstić information content (AvgIpc) is 2.20. The van der Waals surface area contributed by atoms with E-state index in [0.29, 0.717) is 5.56 Å². The summed E-state index contributed by atoms with van der Waals surface area (Å²) in [6.07, 6.45) is -5.74. The Labute approximate surface area is 114 Å². The molecule has 18 heavy (non-hydrogen) atoms. The van der Waals surface area contributed by atoms with E-state index in [1.54, 1.807) is 6.92 Å². The second-order valence-corrected chi connectivity index (χ2v) is 4.23. The molecule has 0 spiro atoms. The molecule has 0 aromatic heterocycles. The van der Waals surface area contributed by atoms with Gasteiger partial charge in [-0.25, -0.2) is 4.39 Å². The number of nitrogens with two attached hydrogens (primary N) is 1. The number of rotatable bonds is 3. The minimum atomic E-state index is -4.30. The number of aryl methyl sites for hydroxylation is 1. The fourth-order valence-electron chi connectivity index (χ4n) is 1.48. The van der Waals surface area contributed by atoms with Crippen LogP contribution in [0.3, 0.4) is 0 Å². The Kier molecular flexibility index (Phi) is 6.40. The van der Waals surface area contributed by atoms with Crippen LogP contribution in [0.1, 0.15) is 30.0 Å². The van der Waals surface area contributed by atoms with Crippen LogP contribution in [0.5, 0.6) is 0 Å². The second kappa shape index (κ2) is 6.59. The third kappa shape index (κ3) is 4.63. The van der Waals surface area contributed by atoms with E-state index < -0.39 is 24.5 Å². The SMILES string of the molecule is Cc1ccc(F)c([C@@H](N)CCC(F)(F)F)c1Cl.Cl. The summed E-state index contributed by atoms with van der Waals surface area (Å²) in [7, 11) is 0. The van der Waals surface area contributed by atoms with E-state index >= 15 is 0 Å². The van der Waals surface area contributed by atoms with Gasteiger partial charge in [-0.1, -0.05) is 17.7 Å². The summed E-state index contributed by atoms with van der Waals surface area (Å²) in [5.41, 5.74) is 6.09. The molecule has 1 aromatic carbocycles. The molecule has 0 bridgehead atoms. The van der Waals surface area contributed by atoms with Crippen LogP contribution in [0, 0.1) is 12.7 Å². The molecule has 0 aliphatic carbocycles. The number of hydrogen-bond acceptors (Lipinski definition) is 1. The van der Waals surface area contributed by atoms with Crippen LogP contribution in [0.4, 0.5) is 17.6 Å². The third-order valence-corrected chi connectivity index (χ3v) is 2.93. The lowest BCUT2D eigenvalue weighted by Gasteiger charge is -2.16. The summed E-state index contributed by atoms with van der Waals surface area (Å²) in [6.45, 7) is 1.64. The third-order valence-electron chi connectivity index (χ3n) is 2.43. The zero-order valence-corrected chi connectivity index (χ0v) is 11.1. The summed E-state index contributed by atoms with van der Waals surface area (Å²) in [6, 6.07) is 1.56. The molecule has 0 radical (unpaired) electrons. The molecule has 1 nitrogen and oxygen atoms in total. The van der Waals surface area contributed by atoms with E-state index in [1.807, 2.05) is 0 Å². The van der Waals surface area contributed by atoms with Crippen LogP contribution in [-0.4, -0.2) is 6.18 Å². The molecule has 0 aliphatic heterocycles. The monoisotopic (exact) mass is 305 g/mol.